The van der Waals surface area contributed by atoms with Crippen LogP contribution in [-0.4, -0.2) is 10.2 Å². The maximum Gasteiger partial charge on any atom is 0.165 e. The van der Waals surface area contributed by atoms with Gasteiger partial charge < -0.3 is 15.5 Å². The van der Waals surface area contributed by atoms with Gasteiger partial charge >= 0.3 is 0 Å². The normalized spacial score (nSPS) is 10.5. The van der Waals surface area contributed by atoms with Crippen LogP contribution < -0.4 is 5.32 Å². The van der Waals surface area contributed by atoms with Crippen LogP contribution in [-0.2, 0) is 6.54 Å². The van der Waals surface area contributed by atoms with E-state index in [1.54, 1.807) is 6.07 Å². The number of hydrogen-bond donors (Lipinski definition) is 3. The summed E-state index contributed by atoms with van der Waals surface area (Å²) in [4.78, 5) is 0. The minimum Gasteiger partial charge on any atom is -0.507 e. The molecule has 2 aromatic rings. The molecule has 0 fully saturated rings. The minimum absolute atomic E-state index is 0.266. The van der Waals surface area contributed by atoms with Gasteiger partial charge in [-0.15, -0.1) is 0 Å². The first-order valence-corrected chi connectivity index (χ1v) is 5.99. The zero-order valence-electron chi connectivity index (χ0n) is 10.9. The first-order chi connectivity index (χ1) is 8.99. The van der Waals surface area contributed by atoms with Crippen molar-refractivity contribution in [2.75, 3.05) is 5.32 Å². The SMILES string of the molecule is Cc1ccc(NCc2ccc(O)c(F)c2)c(C)c1O. The molecule has 0 aliphatic rings. The molecule has 3 N–H and O–H groups in total. The van der Waals surface area contributed by atoms with E-state index in [1.807, 2.05) is 26.0 Å². The van der Waals surface area contributed by atoms with E-state index >= 15 is 0 Å². The number of phenols is 2. The van der Waals surface area contributed by atoms with E-state index in [0.29, 0.717) is 6.54 Å². The van der Waals surface area contributed by atoms with Crippen LogP contribution in [0.2, 0.25) is 0 Å². The fourth-order valence-corrected chi connectivity index (χ4v) is 1.88. The average molecular weight is 261 g/mol. The molecule has 0 atom stereocenters. The van der Waals surface area contributed by atoms with Crippen LogP contribution in [0.4, 0.5) is 10.1 Å². The van der Waals surface area contributed by atoms with Gasteiger partial charge in [0.25, 0.3) is 0 Å². The molecule has 4 heteroatoms. The summed E-state index contributed by atoms with van der Waals surface area (Å²) in [5, 5.41) is 22.1. The maximum absolute atomic E-state index is 13.2. The number of halogens is 1. The Morgan fingerprint density at radius 1 is 1.11 bits per heavy atom. The molecule has 0 spiro atoms. The Kier molecular flexibility index (Phi) is 3.60. The average Bonchev–Trinajstić information content (AvgIpc) is 2.39. The van der Waals surface area contributed by atoms with Crippen molar-refractivity contribution >= 4 is 5.69 Å². The zero-order valence-corrected chi connectivity index (χ0v) is 10.9. The predicted molar refractivity (Wildman–Crippen MR) is 73.0 cm³/mol. The summed E-state index contributed by atoms with van der Waals surface area (Å²) in [6.45, 7) is 4.07. The van der Waals surface area contributed by atoms with E-state index in [4.69, 9.17) is 5.11 Å². The van der Waals surface area contributed by atoms with Crippen LogP contribution in [0.15, 0.2) is 30.3 Å². The van der Waals surface area contributed by atoms with Crippen LogP contribution >= 0.6 is 0 Å². The van der Waals surface area contributed by atoms with E-state index in [9.17, 15) is 9.50 Å². The van der Waals surface area contributed by atoms with E-state index in [1.165, 1.54) is 12.1 Å². The van der Waals surface area contributed by atoms with Gasteiger partial charge in [0.05, 0.1) is 0 Å². The summed E-state index contributed by atoms with van der Waals surface area (Å²) in [6.07, 6.45) is 0. The lowest BCUT2D eigenvalue weighted by Crippen LogP contribution is -2.01. The molecule has 0 unspecified atom stereocenters. The van der Waals surface area contributed by atoms with Gasteiger partial charge in [-0.3, -0.25) is 0 Å². The third-order valence-electron chi connectivity index (χ3n) is 3.13. The number of aromatic hydroxyl groups is 2. The molecule has 0 saturated carbocycles. The second kappa shape index (κ2) is 5.18. The zero-order chi connectivity index (χ0) is 14.0. The molecule has 0 saturated heterocycles. The highest BCUT2D eigenvalue weighted by molar-refractivity contribution is 5.59. The largest absolute Gasteiger partial charge is 0.507 e. The highest BCUT2D eigenvalue weighted by Gasteiger charge is 2.06. The topological polar surface area (TPSA) is 52.5 Å². The predicted octanol–water partition coefficient (Wildman–Crippen LogP) is 3.47. The minimum atomic E-state index is -0.636. The van der Waals surface area contributed by atoms with Crippen molar-refractivity contribution in [1.29, 1.82) is 0 Å². The Morgan fingerprint density at radius 3 is 2.53 bits per heavy atom. The molecule has 0 aromatic heterocycles. The second-order valence-electron chi connectivity index (χ2n) is 4.54. The van der Waals surface area contributed by atoms with Gasteiger partial charge in [-0.25, -0.2) is 4.39 Å². The number of aryl methyl sites for hydroxylation is 1. The third-order valence-corrected chi connectivity index (χ3v) is 3.13. The summed E-state index contributed by atoms with van der Waals surface area (Å²) in [7, 11) is 0. The molecule has 0 aliphatic heterocycles. The molecule has 19 heavy (non-hydrogen) atoms. The summed E-state index contributed by atoms with van der Waals surface area (Å²) in [5.41, 5.74) is 3.10. The molecule has 0 heterocycles. The van der Waals surface area contributed by atoms with Crippen molar-refractivity contribution in [1.82, 2.24) is 0 Å². The van der Waals surface area contributed by atoms with Gasteiger partial charge in [0.2, 0.25) is 0 Å². The number of nitrogens with one attached hydrogen (secondary N) is 1. The van der Waals surface area contributed by atoms with Crippen molar-refractivity contribution in [3.05, 3.63) is 52.8 Å². The van der Waals surface area contributed by atoms with E-state index in [2.05, 4.69) is 5.32 Å². The lowest BCUT2D eigenvalue weighted by molar-refractivity contribution is 0.432. The molecule has 0 radical (unpaired) electrons. The Labute approximate surface area is 111 Å². The molecule has 2 rings (SSSR count). The van der Waals surface area contributed by atoms with Gasteiger partial charge in [-0.2, -0.15) is 0 Å². The van der Waals surface area contributed by atoms with E-state index in [-0.39, 0.29) is 11.5 Å². The number of rotatable bonds is 3. The van der Waals surface area contributed by atoms with Gasteiger partial charge in [-0.05, 0) is 43.2 Å². The van der Waals surface area contributed by atoms with Crippen LogP contribution in [0.25, 0.3) is 0 Å². The summed E-state index contributed by atoms with van der Waals surface area (Å²) >= 11 is 0. The van der Waals surface area contributed by atoms with Crippen LogP contribution in [0, 0.1) is 19.7 Å². The Balaban J connectivity index is 2.14. The Morgan fingerprint density at radius 2 is 1.84 bits per heavy atom. The van der Waals surface area contributed by atoms with Gasteiger partial charge in [0.1, 0.15) is 5.75 Å². The first kappa shape index (κ1) is 13.2. The second-order valence-corrected chi connectivity index (χ2v) is 4.54. The van der Waals surface area contributed by atoms with E-state index in [0.717, 1.165) is 22.4 Å². The van der Waals surface area contributed by atoms with Crippen molar-refractivity contribution in [3.8, 4) is 11.5 Å². The van der Waals surface area contributed by atoms with Crippen molar-refractivity contribution in [3.63, 3.8) is 0 Å². The monoisotopic (exact) mass is 261 g/mol. The third kappa shape index (κ3) is 2.78. The summed E-state index contributed by atoms with van der Waals surface area (Å²) in [5.74, 6) is -0.724. The smallest absolute Gasteiger partial charge is 0.165 e. The lowest BCUT2D eigenvalue weighted by atomic mass is 10.1. The highest BCUT2D eigenvalue weighted by Crippen LogP contribution is 2.28. The van der Waals surface area contributed by atoms with Crippen molar-refractivity contribution in [2.24, 2.45) is 0 Å². The maximum atomic E-state index is 13.2. The molecule has 0 aliphatic carbocycles. The molecule has 0 bridgehead atoms. The molecule has 100 valence electrons. The van der Waals surface area contributed by atoms with Crippen molar-refractivity contribution < 1.29 is 14.6 Å². The molecule has 0 amide bonds. The quantitative estimate of drug-likeness (QED) is 0.793. The summed E-state index contributed by atoms with van der Waals surface area (Å²) in [6, 6.07) is 7.95. The molecular formula is C15H16FNO2. The van der Waals surface area contributed by atoms with Crippen LogP contribution in [0.1, 0.15) is 16.7 Å². The lowest BCUT2D eigenvalue weighted by Gasteiger charge is -2.12. The standard InChI is InChI=1S/C15H16FNO2/c1-9-3-5-13(10(2)15(9)19)17-8-11-4-6-14(18)12(16)7-11/h3-7,17-19H,8H2,1-2H3. The molecule has 2 aromatic carbocycles. The molecular weight excluding hydrogens is 245 g/mol. The number of anilines is 1. The number of hydrogen-bond acceptors (Lipinski definition) is 3. The Hall–Kier alpha value is -2.23. The van der Waals surface area contributed by atoms with Crippen molar-refractivity contribution in [2.45, 2.75) is 20.4 Å². The fourth-order valence-electron chi connectivity index (χ4n) is 1.88. The van der Waals surface area contributed by atoms with E-state index < -0.39 is 5.82 Å². The van der Waals surface area contributed by atoms with Gasteiger partial charge in [-0.1, -0.05) is 12.1 Å². The summed E-state index contributed by atoms with van der Waals surface area (Å²) < 4.78 is 13.2. The molecule has 3 nitrogen and oxygen atoms in total. The van der Waals surface area contributed by atoms with Crippen LogP contribution in [0.3, 0.4) is 0 Å². The Bertz CT molecular complexity index is 611. The number of benzene rings is 2. The fraction of sp³-hybridized carbons (Fsp3) is 0.200. The van der Waals surface area contributed by atoms with Crippen LogP contribution in [0.5, 0.6) is 11.5 Å². The highest BCUT2D eigenvalue weighted by atomic mass is 19.1. The number of phenolic OH excluding ortho intramolecular Hbond substituents is 2. The van der Waals surface area contributed by atoms with Gasteiger partial charge in [0, 0.05) is 17.8 Å². The van der Waals surface area contributed by atoms with Gasteiger partial charge in [0.15, 0.2) is 11.6 Å². The first-order valence-electron chi connectivity index (χ1n) is 5.99.